The van der Waals surface area contributed by atoms with E-state index in [1.165, 1.54) is 7.11 Å². The third kappa shape index (κ3) is 2.95. The minimum atomic E-state index is -0.346. The molecule has 0 fully saturated rings. The average Bonchev–Trinajstić information content (AvgIpc) is 3.06. The number of rotatable bonds is 4. The number of carbonyl (C=O) groups excluding carboxylic acids is 1. The van der Waals surface area contributed by atoms with Gasteiger partial charge in [-0.15, -0.1) is 0 Å². The zero-order chi connectivity index (χ0) is 16.2. The summed E-state index contributed by atoms with van der Waals surface area (Å²) in [7, 11) is 1.50. The van der Waals surface area contributed by atoms with Gasteiger partial charge < -0.3 is 9.47 Å². The molecule has 0 spiro atoms. The van der Waals surface area contributed by atoms with Gasteiger partial charge in [-0.25, -0.2) is 0 Å². The van der Waals surface area contributed by atoms with Crippen LogP contribution in [0.3, 0.4) is 0 Å². The summed E-state index contributed by atoms with van der Waals surface area (Å²) in [6, 6.07) is 14.6. The zero-order valence-corrected chi connectivity index (χ0v) is 12.7. The summed E-state index contributed by atoms with van der Waals surface area (Å²) >= 11 is 0. The first kappa shape index (κ1) is 14.9. The number of nitrogens with zero attached hydrogens (tertiary/aromatic N) is 1. The molecular weight excluding hydrogens is 290 g/mol. The van der Waals surface area contributed by atoms with Crippen LogP contribution in [0, 0.1) is 11.3 Å². The molecule has 0 atom stereocenters. The Morgan fingerprint density at radius 3 is 2.91 bits per heavy atom. The number of carbonyl (C=O) groups is 1. The van der Waals surface area contributed by atoms with Crippen molar-refractivity contribution in [3.05, 3.63) is 64.7 Å². The molecule has 0 saturated carbocycles. The number of benzene rings is 2. The van der Waals surface area contributed by atoms with Gasteiger partial charge in [0.25, 0.3) is 0 Å². The first-order valence-corrected chi connectivity index (χ1v) is 7.28. The van der Waals surface area contributed by atoms with Crippen LogP contribution in [-0.2, 0) is 6.42 Å². The minimum absolute atomic E-state index is 0.0772. The van der Waals surface area contributed by atoms with Gasteiger partial charge >= 0.3 is 0 Å². The standard InChI is InChI=1S/C19H15NO3/c1-22-18-5-3-2-4-16(18)19(21)15(12-20)11-13-6-7-17-14(10-13)8-9-23-17/h2-7,10-11H,8-9H2,1H3/b15-11-. The largest absolute Gasteiger partial charge is 0.496 e. The number of nitriles is 1. The summed E-state index contributed by atoms with van der Waals surface area (Å²) in [5.41, 5.74) is 2.37. The van der Waals surface area contributed by atoms with Crippen molar-refractivity contribution >= 4 is 11.9 Å². The third-order valence-corrected chi connectivity index (χ3v) is 3.74. The number of ether oxygens (including phenoxy) is 2. The van der Waals surface area contributed by atoms with Gasteiger partial charge in [0.05, 0.1) is 19.3 Å². The van der Waals surface area contributed by atoms with E-state index in [-0.39, 0.29) is 11.4 Å². The average molecular weight is 305 g/mol. The normalized spacial score (nSPS) is 13.0. The molecule has 1 aliphatic rings. The fraction of sp³-hybridized carbons (Fsp3) is 0.158. The van der Waals surface area contributed by atoms with E-state index in [9.17, 15) is 10.1 Å². The summed E-state index contributed by atoms with van der Waals surface area (Å²) in [5, 5.41) is 9.37. The molecule has 4 nitrogen and oxygen atoms in total. The number of hydrogen-bond acceptors (Lipinski definition) is 4. The van der Waals surface area contributed by atoms with Crippen LogP contribution in [-0.4, -0.2) is 19.5 Å². The molecule has 3 rings (SSSR count). The molecule has 1 aliphatic heterocycles. The first-order chi connectivity index (χ1) is 11.2. The number of hydrogen-bond donors (Lipinski definition) is 0. The van der Waals surface area contributed by atoms with Gasteiger partial charge in [0.1, 0.15) is 23.1 Å². The molecule has 0 radical (unpaired) electrons. The molecule has 0 aliphatic carbocycles. The number of para-hydroxylation sites is 1. The van der Waals surface area contributed by atoms with Crippen LogP contribution < -0.4 is 9.47 Å². The van der Waals surface area contributed by atoms with Crippen LogP contribution in [0.2, 0.25) is 0 Å². The fourth-order valence-corrected chi connectivity index (χ4v) is 2.59. The zero-order valence-electron chi connectivity index (χ0n) is 12.7. The fourth-order valence-electron chi connectivity index (χ4n) is 2.59. The van der Waals surface area contributed by atoms with Crippen LogP contribution >= 0.6 is 0 Å². The summed E-state index contributed by atoms with van der Waals surface area (Å²) in [4.78, 5) is 12.6. The Morgan fingerprint density at radius 2 is 2.13 bits per heavy atom. The van der Waals surface area contributed by atoms with E-state index in [1.807, 2.05) is 24.3 Å². The highest BCUT2D eigenvalue weighted by molar-refractivity contribution is 6.15. The number of Topliss-reactive ketones (excluding diaryl/α,β-unsaturated/α-hetero) is 1. The minimum Gasteiger partial charge on any atom is -0.496 e. The van der Waals surface area contributed by atoms with Gasteiger partial charge in [0.2, 0.25) is 5.78 Å². The molecule has 0 amide bonds. The Bertz CT molecular complexity index is 831. The van der Waals surface area contributed by atoms with Gasteiger partial charge in [-0.2, -0.15) is 5.26 Å². The van der Waals surface area contributed by atoms with Gasteiger partial charge in [0, 0.05) is 6.42 Å². The van der Waals surface area contributed by atoms with Crippen LogP contribution in [0.1, 0.15) is 21.5 Å². The van der Waals surface area contributed by atoms with Crippen LogP contribution in [0.5, 0.6) is 11.5 Å². The lowest BCUT2D eigenvalue weighted by molar-refractivity contribution is 0.103. The quantitative estimate of drug-likeness (QED) is 0.493. The van der Waals surface area contributed by atoms with Crippen molar-refractivity contribution in [2.24, 2.45) is 0 Å². The Kier molecular flexibility index (Phi) is 4.11. The Balaban J connectivity index is 1.96. The van der Waals surface area contributed by atoms with Crippen LogP contribution in [0.25, 0.3) is 6.08 Å². The topological polar surface area (TPSA) is 59.3 Å². The molecule has 0 bridgehead atoms. The summed E-state index contributed by atoms with van der Waals surface area (Å²) in [6.07, 6.45) is 2.45. The molecule has 23 heavy (non-hydrogen) atoms. The third-order valence-electron chi connectivity index (χ3n) is 3.74. The lowest BCUT2D eigenvalue weighted by Crippen LogP contribution is -2.04. The summed E-state index contributed by atoms with van der Waals surface area (Å²) in [6.45, 7) is 0.674. The molecule has 0 N–H and O–H groups in total. The maximum Gasteiger partial charge on any atom is 0.207 e. The van der Waals surface area contributed by atoms with Gasteiger partial charge in [-0.1, -0.05) is 18.2 Å². The first-order valence-electron chi connectivity index (χ1n) is 7.28. The van der Waals surface area contributed by atoms with Crippen LogP contribution in [0.4, 0.5) is 0 Å². The number of ketones is 1. The molecule has 114 valence electrons. The van der Waals surface area contributed by atoms with E-state index in [0.717, 1.165) is 23.3 Å². The van der Waals surface area contributed by atoms with Gasteiger partial charge in [-0.3, -0.25) is 4.79 Å². The second-order valence-corrected chi connectivity index (χ2v) is 5.16. The van der Waals surface area contributed by atoms with E-state index in [4.69, 9.17) is 9.47 Å². The second-order valence-electron chi connectivity index (χ2n) is 5.16. The van der Waals surface area contributed by atoms with Crippen molar-refractivity contribution in [3.8, 4) is 17.6 Å². The molecular formula is C19H15NO3. The summed E-state index contributed by atoms with van der Waals surface area (Å²) in [5.74, 6) is 0.986. The Hall–Kier alpha value is -3.06. The van der Waals surface area contributed by atoms with Crippen molar-refractivity contribution < 1.29 is 14.3 Å². The Labute approximate surface area is 134 Å². The summed E-state index contributed by atoms with van der Waals surface area (Å²) < 4.78 is 10.7. The number of fused-ring (bicyclic) bond motifs is 1. The maximum atomic E-state index is 12.6. The SMILES string of the molecule is COc1ccccc1C(=O)/C(C#N)=C\c1ccc2c(c1)CCO2. The highest BCUT2D eigenvalue weighted by Gasteiger charge is 2.17. The monoisotopic (exact) mass is 305 g/mol. The lowest BCUT2D eigenvalue weighted by atomic mass is 10.00. The predicted molar refractivity (Wildman–Crippen MR) is 86.6 cm³/mol. The molecule has 0 unspecified atom stereocenters. The van der Waals surface area contributed by atoms with E-state index >= 15 is 0 Å². The number of methoxy groups -OCH3 is 1. The Morgan fingerprint density at radius 1 is 1.30 bits per heavy atom. The van der Waals surface area contributed by atoms with E-state index in [2.05, 4.69) is 0 Å². The maximum absolute atomic E-state index is 12.6. The van der Waals surface area contributed by atoms with E-state index in [1.54, 1.807) is 30.3 Å². The van der Waals surface area contributed by atoms with Crippen LogP contribution in [0.15, 0.2) is 48.0 Å². The van der Waals surface area contributed by atoms with Gasteiger partial charge in [-0.05, 0) is 41.5 Å². The lowest BCUT2D eigenvalue weighted by Gasteiger charge is -2.06. The second kappa shape index (κ2) is 6.37. The smallest absolute Gasteiger partial charge is 0.207 e. The van der Waals surface area contributed by atoms with Crippen molar-refractivity contribution in [3.63, 3.8) is 0 Å². The van der Waals surface area contributed by atoms with Gasteiger partial charge in [0.15, 0.2) is 0 Å². The van der Waals surface area contributed by atoms with E-state index in [0.29, 0.717) is 17.9 Å². The molecule has 1 heterocycles. The van der Waals surface area contributed by atoms with Crippen molar-refractivity contribution in [2.45, 2.75) is 6.42 Å². The molecule has 2 aromatic carbocycles. The highest BCUT2D eigenvalue weighted by Crippen LogP contribution is 2.27. The van der Waals surface area contributed by atoms with Crippen molar-refractivity contribution in [2.75, 3.05) is 13.7 Å². The molecule has 0 saturated heterocycles. The molecule has 2 aromatic rings. The number of allylic oxidation sites excluding steroid dienone is 1. The highest BCUT2D eigenvalue weighted by atomic mass is 16.5. The van der Waals surface area contributed by atoms with Crippen molar-refractivity contribution in [1.82, 2.24) is 0 Å². The molecule has 0 aromatic heterocycles. The predicted octanol–water partition coefficient (Wildman–Crippen LogP) is 3.42. The van der Waals surface area contributed by atoms with Crippen molar-refractivity contribution in [1.29, 1.82) is 5.26 Å². The van der Waals surface area contributed by atoms with E-state index < -0.39 is 0 Å². The molecule has 4 heteroatoms.